The van der Waals surface area contributed by atoms with Gasteiger partial charge in [0.1, 0.15) is 0 Å². The van der Waals surface area contributed by atoms with Gasteiger partial charge >= 0.3 is 6.03 Å². The van der Waals surface area contributed by atoms with Crippen LogP contribution in [0.1, 0.15) is 42.7 Å². The average Bonchev–Trinajstić information content (AvgIpc) is 3.40. The van der Waals surface area contributed by atoms with Crippen LogP contribution < -0.4 is 5.32 Å². The topological polar surface area (TPSA) is 65.5 Å². The normalized spacial score (nSPS) is 20.6. The van der Waals surface area contributed by atoms with E-state index in [1.54, 1.807) is 6.20 Å². The summed E-state index contributed by atoms with van der Waals surface area (Å²) in [6.45, 7) is 5.13. The number of anilines is 1. The highest BCUT2D eigenvalue weighted by molar-refractivity contribution is 5.90. The van der Waals surface area contributed by atoms with E-state index in [9.17, 15) is 9.59 Å². The van der Waals surface area contributed by atoms with Gasteiger partial charge < -0.3 is 15.1 Å². The zero-order valence-electron chi connectivity index (χ0n) is 16.7. The van der Waals surface area contributed by atoms with Crippen LogP contribution in [0.2, 0.25) is 0 Å². The molecule has 29 heavy (non-hydrogen) atoms. The van der Waals surface area contributed by atoms with E-state index in [4.69, 9.17) is 0 Å². The van der Waals surface area contributed by atoms with Gasteiger partial charge in [-0.25, -0.2) is 4.79 Å². The van der Waals surface area contributed by atoms with Crippen molar-refractivity contribution in [2.75, 3.05) is 31.5 Å². The van der Waals surface area contributed by atoms with E-state index in [0.29, 0.717) is 17.7 Å². The third-order valence-corrected chi connectivity index (χ3v) is 6.64. The van der Waals surface area contributed by atoms with Crippen molar-refractivity contribution >= 4 is 17.6 Å². The number of hydrogen-bond donors (Lipinski definition) is 1. The molecule has 0 radical (unpaired) electrons. The fraction of sp³-hybridized carbons (Fsp3) is 0.435. The van der Waals surface area contributed by atoms with E-state index in [0.717, 1.165) is 44.7 Å². The Morgan fingerprint density at radius 1 is 0.966 bits per heavy atom. The number of urea groups is 1. The van der Waals surface area contributed by atoms with Gasteiger partial charge in [-0.15, -0.1) is 0 Å². The fourth-order valence-electron chi connectivity index (χ4n) is 4.15. The molecule has 1 aromatic heterocycles. The third kappa shape index (κ3) is 3.48. The van der Waals surface area contributed by atoms with Crippen molar-refractivity contribution in [2.24, 2.45) is 5.41 Å². The maximum absolute atomic E-state index is 12.4. The van der Waals surface area contributed by atoms with Gasteiger partial charge in [0.2, 0.25) is 5.91 Å². The predicted octanol–water partition coefficient (Wildman–Crippen LogP) is 3.44. The van der Waals surface area contributed by atoms with Gasteiger partial charge in [0, 0.05) is 61.5 Å². The largest absolute Gasteiger partial charge is 0.341 e. The Morgan fingerprint density at radius 2 is 1.62 bits per heavy atom. The number of likely N-dealkylation sites (tertiary alicyclic amines) is 2. The first-order chi connectivity index (χ1) is 14.0. The smallest absolute Gasteiger partial charge is 0.321 e. The number of pyridine rings is 1. The lowest BCUT2D eigenvalue weighted by atomic mass is 9.90. The Hall–Kier alpha value is -2.89. The van der Waals surface area contributed by atoms with Crippen molar-refractivity contribution < 1.29 is 9.59 Å². The van der Waals surface area contributed by atoms with E-state index in [1.807, 2.05) is 34.2 Å². The fourth-order valence-corrected chi connectivity index (χ4v) is 4.15. The number of carbonyl (C=O) groups is 2. The van der Waals surface area contributed by atoms with Gasteiger partial charge in [-0.1, -0.05) is 25.1 Å². The highest BCUT2D eigenvalue weighted by Gasteiger charge is 2.49. The molecule has 6 heteroatoms. The van der Waals surface area contributed by atoms with Crippen molar-refractivity contribution in [3.05, 3.63) is 59.9 Å². The molecule has 3 amide bonds. The van der Waals surface area contributed by atoms with E-state index in [-0.39, 0.29) is 11.4 Å². The first kappa shape index (κ1) is 18.2. The van der Waals surface area contributed by atoms with Crippen LogP contribution in [0.4, 0.5) is 10.5 Å². The molecule has 3 aliphatic rings. The monoisotopic (exact) mass is 390 g/mol. The second-order valence-corrected chi connectivity index (χ2v) is 8.91. The summed E-state index contributed by atoms with van der Waals surface area (Å²) in [6.07, 6.45) is 5.70. The Morgan fingerprint density at radius 3 is 2.24 bits per heavy atom. The van der Waals surface area contributed by atoms with E-state index in [1.165, 1.54) is 11.1 Å². The van der Waals surface area contributed by atoms with Crippen molar-refractivity contribution in [1.29, 1.82) is 0 Å². The number of nitrogens with zero attached hydrogens (tertiary/aromatic N) is 3. The van der Waals surface area contributed by atoms with Crippen molar-refractivity contribution in [3.63, 3.8) is 0 Å². The Kier molecular flexibility index (Phi) is 4.30. The lowest BCUT2D eigenvalue weighted by Gasteiger charge is -2.41. The van der Waals surface area contributed by atoms with Crippen LogP contribution in [0.15, 0.2) is 48.8 Å². The molecule has 2 saturated heterocycles. The molecular formula is C23H26N4O2. The average molecular weight is 390 g/mol. The Bertz CT molecular complexity index is 912. The molecule has 5 rings (SSSR count). The number of aromatic nitrogens is 1. The molecule has 3 fully saturated rings. The van der Waals surface area contributed by atoms with Gasteiger partial charge in [0.05, 0.1) is 0 Å². The summed E-state index contributed by atoms with van der Waals surface area (Å²) in [5.74, 6) is 1.09. The van der Waals surface area contributed by atoms with Gasteiger partial charge in [-0.2, -0.15) is 0 Å². The maximum Gasteiger partial charge on any atom is 0.321 e. The van der Waals surface area contributed by atoms with Crippen LogP contribution >= 0.6 is 0 Å². The predicted molar refractivity (Wildman–Crippen MR) is 111 cm³/mol. The minimum Gasteiger partial charge on any atom is -0.341 e. The number of nitrogens with one attached hydrogen (secondary N) is 1. The van der Waals surface area contributed by atoms with E-state index < -0.39 is 0 Å². The summed E-state index contributed by atoms with van der Waals surface area (Å²) in [5.41, 5.74) is 3.14. The SMILES string of the molecule is CC1(C(=O)N2CC(c3ccc(NC(=O)N4CC(c5cccnc5)C4)cc3)C2)CC1. The van der Waals surface area contributed by atoms with Crippen LogP contribution in [0, 0.1) is 5.41 Å². The molecule has 0 atom stereocenters. The Labute approximate surface area is 170 Å². The summed E-state index contributed by atoms with van der Waals surface area (Å²) in [6, 6.07) is 12.0. The molecule has 1 aliphatic carbocycles. The van der Waals surface area contributed by atoms with Crippen molar-refractivity contribution in [2.45, 2.75) is 31.6 Å². The lowest BCUT2D eigenvalue weighted by Crippen LogP contribution is -2.50. The summed E-state index contributed by atoms with van der Waals surface area (Å²) < 4.78 is 0. The second kappa shape index (κ2) is 6.87. The summed E-state index contributed by atoms with van der Waals surface area (Å²) in [7, 11) is 0. The zero-order chi connectivity index (χ0) is 20.0. The van der Waals surface area contributed by atoms with Crippen molar-refractivity contribution in [1.82, 2.24) is 14.8 Å². The number of carbonyl (C=O) groups excluding carboxylic acids is 2. The minimum absolute atomic E-state index is 0.0593. The third-order valence-electron chi connectivity index (χ3n) is 6.64. The first-order valence-corrected chi connectivity index (χ1v) is 10.4. The highest BCUT2D eigenvalue weighted by Crippen LogP contribution is 2.48. The Balaban J connectivity index is 1.10. The maximum atomic E-state index is 12.4. The molecule has 3 heterocycles. The van der Waals surface area contributed by atoms with Crippen LogP contribution in [0.3, 0.4) is 0 Å². The molecule has 6 nitrogen and oxygen atoms in total. The van der Waals surface area contributed by atoms with Crippen LogP contribution in [-0.2, 0) is 4.79 Å². The van der Waals surface area contributed by atoms with Crippen LogP contribution in [-0.4, -0.2) is 52.9 Å². The molecule has 1 saturated carbocycles. The summed E-state index contributed by atoms with van der Waals surface area (Å²) in [4.78, 5) is 32.7. The van der Waals surface area contributed by atoms with Gasteiger partial charge in [0.15, 0.2) is 0 Å². The molecule has 2 aromatic rings. The molecular weight excluding hydrogens is 364 g/mol. The van der Waals surface area contributed by atoms with Crippen LogP contribution in [0.5, 0.6) is 0 Å². The lowest BCUT2D eigenvalue weighted by molar-refractivity contribution is -0.141. The first-order valence-electron chi connectivity index (χ1n) is 10.4. The molecule has 1 aromatic carbocycles. The van der Waals surface area contributed by atoms with Gasteiger partial charge in [-0.05, 0) is 42.2 Å². The summed E-state index contributed by atoms with van der Waals surface area (Å²) in [5, 5.41) is 2.98. The molecule has 0 bridgehead atoms. The summed E-state index contributed by atoms with van der Waals surface area (Å²) >= 11 is 0. The number of rotatable bonds is 4. The van der Waals surface area contributed by atoms with E-state index in [2.05, 4.69) is 35.4 Å². The number of hydrogen-bond acceptors (Lipinski definition) is 3. The quantitative estimate of drug-likeness (QED) is 0.870. The van der Waals surface area contributed by atoms with Gasteiger partial charge in [0.25, 0.3) is 0 Å². The standard InChI is InChI=1S/C23H26N4O2/c1-23(8-9-23)21(28)26-12-18(13-26)16-4-6-20(7-5-16)25-22(29)27-14-19(15-27)17-3-2-10-24-11-17/h2-7,10-11,18-19H,8-9,12-15H2,1H3,(H,25,29). The zero-order valence-corrected chi connectivity index (χ0v) is 16.7. The molecule has 150 valence electrons. The minimum atomic E-state index is -0.0774. The molecule has 1 N–H and O–H groups in total. The second-order valence-electron chi connectivity index (χ2n) is 8.91. The highest BCUT2D eigenvalue weighted by atomic mass is 16.2. The van der Waals surface area contributed by atoms with Gasteiger partial charge in [-0.3, -0.25) is 9.78 Å². The molecule has 0 spiro atoms. The number of benzene rings is 1. The van der Waals surface area contributed by atoms with Crippen LogP contribution in [0.25, 0.3) is 0 Å². The van der Waals surface area contributed by atoms with Crippen molar-refractivity contribution in [3.8, 4) is 0 Å². The number of amides is 3. The van der Waals surface area contributed by atoms with E-state index >= 15 is 0 Å². The molecule has 2 aliphatic heterocycles. The molecule has 0 unspecified atom stereocenters.